The van der Waals surface area contributed by atoms with Crippen molar-refractivity contribution in [1.82, 2.24) is 5.32 Å². The van der Waals surface area contributed by atoms with Crippen molar-refractivity contribution in [2.75, 3.05) is 11.9 Å². The highest BCUT2D eigenvalue weighted by Crippen LogP contribution is 2.10. The first-order valence-electron chi connectivity index (χ1n) is 8.35. The van der Waals surface area contributed by atoms with E-state index in [4.69, 9.17) is 15.2 Å². The molecule has 1 atom stereocenters. The van der Waals surface area contributed by atoms with E-state index >= 15 is 0 Å². The minimum atomic E-state index is -1.03. The highest BCUT2D eigenvalue weighted by molar-refractivity contribution is 5.96. The van der Waals surface area contributed by atoms with Crippen LogP contribution in [0.25, 0.3) is 0 Å². The van der Waals surface area contributed by atoms with Crippen LogP contribution in [0.1, 0.15) is 44.5 Å². The van der Waals surface area contributed by atoms with Gasteiger partial charge in [0.05, 0.1) is 6.42 Å². The second kappa shape index (κ2) is 9.56. The molecule has 4 N–H and O–H groups in total. The van der Waals surface area contributed by atoms with E-state index in [9.17, 15) is 19.2 Å². The molecule has 0 saturated carbocycles. The lowest BCUT2D eigenvalue weighted by Gasteiger charge is -2.19. The molecule has 0 aliphatic rings. The van der Waals surface area contributed by atoms with Gasteiger partial charge in [0.25, 0.3) is 5.91 Å². The number of esters is 1. The molecule has 0 aromatic heterocycles. The Labute approximate surface area is 157 Å². The Balaban J connectivity index is 2.38. The van der Waals surface area contributed by atoms with Crippen LogP contribution >= 0.6 is 0 Å². The zero-order valence-corrected chi connectivity index (χ0v) is 15.8. The number of amides is 3. The van der Waals surface area contributed by atoms with Gasteiger partial charge in [0, 0.05) is 17.8 Å². The van der Waals surface area contributed by atoms with Gasteiger partial charge in [-0.1, -0.05) is 0 Å². The number of carbonyl (C=O) groups excluding carboxylic acids is 4. The summed E-state index contributed by atoms with van der Waals surface area (Å²) in [7, 11) is 0. The summed E-state index contributed by atoms with van der Waals surface area (Å²) in [4.78, 5) is 46.3. The maximum Gasteiger partial charge on any atom is 0.407 e. The number of hydrogen-bond donors (Lipinski definition) is 3. The predicted molar refractivity (Wildman–Crippen MR) is 98.0 cm³/mol. The molecule has 0 aliphatic heterocycles. The summed E-state index contributed by atoms with van der Waals surface area (Å²) >= 11 is 0. The SMILES string of the molecule is CC(OC(=O)CCNC(=O)OC(C)(C)C)C(=O)Nc1ccc(C(N)=O)cc1. The Bertz CT molecular complexity index is 694. The van der Waals surface area contributed by atoms with Gasteiger partial charge >= 0.3 is 12.1 Å². The molecule has 0 saturated heterocycles. The van der Waals surface area contributed by atoms with Crippen LogP contribution < -0.4 is 16.4 Å². The van der Waals surface area contributed by atoms with Crippen LogP contribution in [0.5, 0.6) is 0 Å². The number of rotatable bonds is 7. The molecular weight excluding hydrogens is 354 g/mol. The Morgan fingerprint density at radius 3 is 2.22 bits per heavy atom. The van der Waals surface area contributed by atoms with Crippen molar-refractivity contribution in [2.45, 2.75) is 45.8 Å². The summed E-state index contributed by atoms with van der Waals surface area (Å²) < 4.78 is 10.0. The lowest BCUT2D eigenvalue weighted by Crippen LogP contribution is -2.35. The van der Waals surface area contributed by atoms with Gasteiger partial charge < -0.3 is 25.8 Å². The highest BCUT2D eigenvalue weighted by Gasteiger charge is 2.19. The monoisotopic (exact) mass is 379 g/mol. The Kier molecular flexibility index (Phi) is 7.77. The number of benzene rings is 1. The third kappa shape index (κ3) is 8.70. The summed E-state index contributed by atoms with van der Waals surface area (Å²) in [5.41, 5.74) is 5.25. The highest BCUT2D eigenvalue weighted by atomic mass is 16.6. The van der Waals surface area contributed by atoms with Crippen LogP contribution in [0.3, 0.4) is 0 Å². The molecule has 0 fully saturated rings. The Hall–Kier alpha value is -3.10. The van der Waals surface area contributed by atoms with Crippen molar-refractivity contribution in [1.29, 1.82) is 0 Å². The largest absolute Gasteiger partial charge is 0.452 e. The maximum atomic E-state index is 12.0. The third-order valence-electron chi connectivity index (χ3n) is 3.11. The summed E-state index contributed by atoms with van der Waals surface area (Å²) in [6.07, 6.45) is -1.78. The van der Waals surface area contributed by atoms with Gasteiger partial charge in [0.2, 0.25) is 5.91 Å². The fraction of sp³-hybridized carbons (Fsp3) is 0.444. The van der Waals surface area contributed by atoms with Gasteiger partial charge in [-0.05, 0) is 52.0 Å². The lowest BCUT2D eigenvalue weighted by atomic mass is 10.2. The minimum absolute atomic E-state index is 0.0245. The van der Waals surface area contributed by atoms with Crippen molar-refractivity contribution < 1.29 is 28.7 Å². The van der Waals surface area contributed by atoms with E-state index in [2.05, 4.69) is 10.6 Å². The smallest absolute Gasteiger partial charge is 0.407 e. The molecule has 3 amide bonds. The van der Waals surface area contributed by atoms with Gasteiger partial charge in [0.15, 0.2) is 6.10 Å². The maximum absolute atomic E-state index is 12.0. The summed E-state index contributed by atoms with van der Waals surface area (Å²) in [5, 5.41) is 4.98. The normalized spacial score (nSPS) is 11.9. The molecule has 148 valence electrons. The standard InChI is InChI=1S/C18H25N3O6/c1-11(16(24)21-13-7-5-12(6-8-13)15(19)23)26-14(22)9-10-20-17(25)27-18(2,3)4/h5-8,11H,9-10H2,1-4H3,(H2,19,23)(H,20,25)(H,21,24). The second-order valence-electron chi connectivity index (χ2n) is 6.74. The number of alkyl carbamates (subject to hydrolysis) is 1. The quantitative estimate of drug-likeness (QED) is 0.615. The van der Waals surface area contributed by atoms with Gasteiger partial charge in [-0.25, -0.2) is 4.79 Å². The van der Waals surface area contributed by atoms with E-state index < -0.39 is 35.6 Å². The molecule has 27 heavy (non-hydrogen) atoms. The average molecular weight is 379 g/mol. The first-order valence-corrected chi connectivity index (χ1v) is 8.35. The zero-order chi connectivity index (χ0) is 20.6. The number of carbonyl (C=O) groups is 4. The number of ether oxygens (including phenoxy) is 2. The molecule has 0 radical (unpaired) electrons. The molecule has 0 aliphatic carbocycles. The summed E-state index contributed by atoms with van der Waals surface area (Å²) in [6.45, 7) is 6.62. The number of nitrogens with one attached hydrogen (secondary N) is 2. The predicted octanol–water partition coefficient (Wildman–Crippen LogP) is 1.57. The number of anilines is 1. The lowest BCUT2D eigenvalue weighted by molar-refractivity contribution is -0.153. The van der Waals surface area contributed by atoms with E-state index in [1.54, 1.807) is 20.8 Å². The zero-order valence-electron chi connectivity index (χ0n) is 15.8. The molecule has 0 bridgehead atoms. The van der Waals surface area contributed by atoms with Crippen molar-refractivity contribution in [3.8, 4) is 0 Å². The van der Waals surface area contributed by atoms with Crippen LogP contribution in [0.2, 0.25) is 0 Å². The van der Waals surface area contributed by atoms with Gasteiger partial charge in [0.1, 0.15) is 5.60 Å². The summed E-state index contributed by atoms with van der Waals surface area (Å²) in [6, 6.07) is 5.96. The van der Waals surface area contributed by atoms with Crippen molar-refractivity contribution in [2.24, 2.45) is 5.73 Å². The van der Waals surface area contributed by atoms with Crippen molar-refractivity contribution in [3.63, 3.8) is 0 Å². The molecule has 0 heterocycles. The van der Waals surface area contributed by atoms with E-state index in [1.807, 2.05) is 0 Å². The van der Waals surface area contributed by atoms with Gasteiger partial charge in [-0.3, -0.25) is 14.4 Å². The van der Waals surface area contributed by atoms with Crippen LogP contribution in [-0.2, 0) is 19.1 Å². The molecule has 1 aromatic rings. The van der Waals surface area contributed by atoms with E-state index in [1.165, 1.54) is 31.2 Å². The van der Waals surface area contributed by atoms with Crippen LogP contribution in [-0.4, -0.2) is 42.1 Å². The molecule has 1 aromatic carbocycles. The van der Waals surface area contributed by atoms with Crippen molar-refractivity contribution >= 4 is 29.6 Å². The van der Waals surface area contributed by atoms with E-state index in [0.717, 1.165) is 0 Å². The average Bonchev–Trinajstić information content (AvgIpc) is 2.53. The first kappa shape index (κ1) is 21.9. The number of hydrogen-bond acceptors (Lipinski definition) is 6. The Morgan fingerprint density at radius 1 is 1.11 bits per heavy atom. The van der Waals surface area contributed by atoms with E-state index in [-0.39, 0.29) is 13.0 Å². The van der Waals surface area contributed by atoms with Gasteiger partial charge in [-0.15, -0.1) is 0 Å². The first-order chi connectivity index (χ1) is 12.5. The fourth-order valence-corrected chi connectivity index (χ4v) is 1.85. The van der Waals surface area contributed by atoms with Crippen molar-refractivity contribution in [3.05, 3.63) is 29.8 Å². The topological polar surface area (TPSA) is 137 Å². The molecule has 1 rings (SSSR count). The van der Waals surface area contributed by atoms with Crippen LogP contribution in [0.15, 0.2) is 24.3 Å². The van der Waals surface area contributed by atoms with Crippen LogP contribution in [0.4, 0.5) is 10.5 Å². The van der Waals surface area contributed by atoms with E-state index in [0.29, 0.717) is 11.3 Å². The molecular formula is C18H25N3O6. The van der Waals surface area contributed by atoms with Crippen LogP contribution in [0, 0.1) is 0 Å². The third-order valence-corrected chi connectivity index (χ3v) is 3.11. The number of primary amides is 1. The summed E-state index contributed by atoms with van der Waals surface area (Å²) in [5.74, 6) is -1.75. The molecule has 1 unspecified atom stereocenters. The molecule has 9 nitrogen and oxygen atoms in total. The number of nitrogens with two attached hydrogens (primary N) is 1. The Morgan fingerprint density at radius 2 is 1.70 bits per heavy atom. The second-order valence-corrected chi connectivity index (χ2v) is 6.74. The fourth-order valence-electron chi connectivity index (χ4n) is 1.85. The van der Waals surface area contributed by atoms with Gasteiger partial charge in [-0.2, -0.15) is 0 Å². The molecule has 0 spiro atoms. The molecule has 9 heteroatoms. The minimum Gasteiger partial charge on any atom is -0.452 e.